The predicted molar refractivity (Wildman–Crippen MR) is 85.4 cm³/mol. The largest absolute Gasteiger partial charge is 0.305 e. The number of pyridine rings is 1. The van der Waals surface area contributed by atoms with Crippen LogP contribution in [0.15, 0.2) is 18.2 Å². The monoisotopic (exact) mass is 329 g/mol. The quantitative estimate of drug-likeness (QED) is 0.783. The summed E-state index contributed by atoms with van der Waals surface area (Å²) in [5.41, 5.74) is 3.46. The molecule has 0 saturated carbocycles. The van der Waals surface area contributed by atoms with Crippen molar-refractivity contribution in [3.63, 3.8) is 0 Å². The smallest absolute Gasteiger partial charge is 0.279 e. The number of rotatable bonds is 4. The maximum Gasteiger partial charge on any atom is 0.279 e. The highest BCUT2D eigenvalue weighted by Gasteiger charge is 2.18. The van der Waals surface area contributed by atoms with Crippen molar-refractivity contribution in [3.8, 4) is 0 Å². The van der Waals surface area contributed by atoms with E-state index in [9.17, 15) is 4.79 Å². The molecule has 0 unspecified atom stereocenters. The molecule has 3 aromatic heterocycles. The number of aryl methyl sites for hydroxylation is 2. The molecule has 8 nitrogen and oxygen atoms in total. The van der Waals surface area contributed by atoms with Gasteiger partial charge in [0.1, 0.15) is 5.82 Å². The number of anilines is 1. The van der Waals surface area contributed by atoms with Crippen LogP contribution in [0.4, 0.5) is 5.82 Å². The molecule has 23 heavy (non-hydrogen) atoms. The molecule has 0 aliphatic heterocycles. The number of nitrogens with one attached hydrogen (secondary N) is 1. The summed E-state index contributed by atoms with van der Waals surface area (Å²) in [5.74, 6) is 0.156. The minimum absolute atomic E-state index is 0.272. The average molecular weight is 329 g/mol. The molecule has 0 fully saturated rings. The zero-order valence-corrected chi connectivity index (χ0v) is 13.8. The summed E-state index contributed by atoms with van der Waals surface area (Å²) in [7, 11) is 0. The number of carbonyl (C=O) groups excluding carboxylic acids is 1. The van der Waals surface area contributed by atoms with Crippen LogP contribution < -0.4 is 5.32 Å². The lowest BCUT2D eigenvalue weighted by Crippen LogP contribution is -2.15. The van der Waals surface area contributed by atoms with Crippen molar-refractivity contribution in [1.82, 2.24) is 28.7 Å². The lowest BCUT2D eigenvalue weighted by Gasteiger charge is -2.04. The first-order valence-corrected chi connectivity index (χ1v) is 7.71. The summed E-state index contributed by atoms with van der Waals surface area (Å²) in [6.07, 6.45) is 0. The summed E-state index contributed by atoms with van der Waals surface area (Å²) in [6.45, 7) is 5.99. The van der Waals surface area contributed by atoms with Crippen molar-refractivity contribution in [1.29, 1.82) is 0 Å². The Morgan fingerprint density at radius 3 is 2.78 bits per heavy atom. The van der Waals surface area contributed by atoms with Gasteiger partial charge in [0.05, 0.1) is 35.4 Å². The minimum Gasteiger partial charge on any atom is -0.305 e. The summed E-state index contributed by atoms with van der Waals surface area (Å²) < 4.78 is 9.99. The Hall–Kier alpha value is -2.68. The zero-order chi connectivity index (χ0) is 16.4. The van der Waals surface area contributed by atoms with Crippen LogP contribution in [0.2, 0.25) is 0 Å². The molecule has 0 aliphatic rings. The number of carbonyl (C=O) groups is 1. The highest BCUT2D eigenvalue weighted by molar-refractivity contribution is 6.99. The molecule has 3 rings (SSSR count). The highest BCUT2D eigenvalue weighted by Crippen LogP contribution is 2.12. The molecular weight excluding hydrogens is 314 g/mol. The van der Waals surface area contributed by atoms with Gasteiger partial charge in [0.25, 0.3) is 5.91 Å². The highest BCUT2D eigenvalue weighted by atomic mass is 32.1. The maximum atomic E-state index is 12.3. The van der Waals surface area contributed by atoms with Gasteiger partial charge in [0, 0.05) is 5.69 Å². The van der Waals surface area contributed by atoms with Crippen molar-refractivity contribution in [2.75, 3.05) is 5.32 Å². The minimum atomic E-state index is -0.333. The molecule has 0 radical (unpaired) electrons. The molecule has 0 aliphatic carbocycles. The molecular formula is C14H15N7OS. The topological polar surface area (TPSA) is 98.5 Å². The number of hydrogen-bond donors (Lipinski definition) is 1. The maximum absolute atomic E-state index is 12.3. The molecule has 0 saturated heterocycles. The van der Waals surface area contributed by atoms with Gasteiger partial charge < -0.3 is 5.32 Å². The average Bonchev–Trinajstić information content (AvgIpc) is 3.07. The summed E-state index contributed by atoms with van der Waals surface area (Å²) in [6, 6.07) is 5.43. The molecule has 1 N–H and O–H groups in total. The van der Waals surface area contributed by atoms with Crippen LogP contribution in [0, 0.1) is 20.8 Å². The Bertz CT molecular complexity index is 854. The van der Waals surface area contributed by atoms with Gasteiger partial charge in [-0.15, -0.1) is 5.10 Å². The van der Waals surface area contributed by atoms with E-state index in [-0.39, 0.29) is 11.6 Å². The zero-order valence-electron chi connectivity index (χ0n) is 12.9. The fourth-order valence-corrected chi connectivity index (χ4v) is 2.60. The van der Waals surface area contributed by atoms with Crippen molar-refractivity contribution in [3.05, 3.63) is 46.7 Å². The Kier molecular flexibility index (Phi) is 4.11. The molecule has 3 heterocycles. The summed E-state index contributed by atoms with van der Waals surface area (Å²) >= 11 is 1.16. The van der Waals surface area contributed by atoms with Crippen LogP contribution >= 0.6 is 11.7 Å². The molecule has 0 aromatic carbocycles. The first kappa shape index (κ1) is 15.2. The van der Waals surface area contributed by atoms with Gasteiger partial charge in [-0.05, 0) is 32.9 Å². The number of aromatic nitrogens is 6. The molecule has 0 atom stereocenters. The van der Waals surface area contributed by atoms with E-state index in [2.05, 4.69) is 29.4 Å². The Balaban J connectivity index is 1.78. The van der Waals surface area contributed by atoms with E-state index in [1.807, 2.05) is 26.0 Å². The second kappa shape index (κ2) is 6.21. The lowest BCUT2D eigenvalue weighted by atomic mass is 10.3. The van der Waals surface area contributed by atoms with Gasteiger partial charge >= 0.3 is 0 Å². The van der Waals surface area contributed by atoms with E-state index in [4.69, 9.17) is 0 Å². The number of hydrogen-bond acceptors (Lipinski definition) is 7. The van der Waals surface area contributed by atoms with Crippen molar-refractivity contribution in [2.45, 2.75) is 27.3 Å². The van der Waals surface area contributed by atoms with Gasteiger partial charge in [-0.25, -0.2) is 9.67 Å². The van der Waals surface area contributed by atoms with E-state index >= 15 is 0 Å². The second-order valence-electron chi connectivity index (χ2n) is 5.10. The standard InChI is InChI=1S/C14H15N7OS/c1-8-5-4-6-12(15-8)16-14(22)13-10(3)21(20-17-13)7-11-9(2)18-23-19-11/h4-6H,7H2,1-3H3,(H,15,16,22). The van der Waals surface area contributed by atoms with Crippen LogP contribution in [0.25, 0.3) is 0 Å². The van der Waals surface area contributed by atoms with E-state index < -0.39 is 0 Å². The Morgan fingerprint density at radius 2 is 2.09 bits per heavy atom. The SMILES string of the molecule is Cc1cccc(NC(=O)c2nnn(Cc3nsnc3C)c2C)n1. The van der Waals surface area contributed by atoms with Crippen LogP contribution in [0.5, 0.6) is 0 Å². The van der Waals surface area contributed by atoms with E-state index in [1.165, 1.54) is 0 Å². The van der Waals surface area contributed by atoms with Crippen LogP contribution in [-0.4, -0.2) is 34.6 Å². The normalized spacial score (nSPS) is 10.7. The van der Waals surface area contributed by atoms with Crippen molar-refractivity contribution < 1.29 is 4.79 Å². The molecule has 9 heteroatoms. The molecule has 3 aromatic rings. The Morgan fingerprint density at radius 1 is 1.26 bits per heavy atom. The van der Waals surface area contributed by atoms with Crippen LogP contribution in [0.3, 0.4) is 0 Å². The van der Waals surface area contributed by atoms with Gasteiger partial charge in [-0.2, -0.15) is 8.75 Å². The third kappa shape index (κ3) is 3.24. The molecule has 1 amide bonds. The second-order valence-corrected chi connectivity index (χ2v) is 5.62. The molecule has 0 spiro atoms. The van der Waals surface area contributed by atoms with E-state index in [1.54, 1.807) is 17.7 Å². The van der Waals surface area contributed by atoms with Crippen LogP contribution in [0.1, 0.15) is 33.3 Å². The third-order valence-electron chi connectivity index (χ3n) is 3.37. The van der Waals surface area contributed by atoms with Gasteiger partial charge in [0.2, 0.25) is 0 Å². The first-order chi connectivity index (χ1) is 11.0. The molecule has 118 valence electrons. The summed E-state index contributed by atoms with van der Waals surface area (Å²) in [4.78, 5) is 16.6. The van der Waals surface area contributed by atoms with Gasteiger partial charge in [0.15, 0.2) is 5.69 Å². The number of amides is 1. The fraction of sp³-hybridized carbons (Fsp3) is 0.286. The fourth-order valence-electron chi connectivity index (χ4n) is 2.04. The first-order valence-electron chi connectivity index (χ1n) is 6.97. The Labute approximate surface area is 136 Å². The number of nitrogens with zero attached hydrogens (tertiary/aromatic N) is 6. The van der Waals surface area contributed by atoms with E-state index in [0.29, 0.717) is 18.1 Å². The third-order valence-corrected chi connectivity index (χ3v) is 4.03. The van der Waals surface area contributed by atoms with E-state index in [0.717, 1.165) is 28.8 Å². The predicted octanol–water partition coefficient (Wildman–Crippen LogP) is 1.75. The lowest BCUT2D eigenvalue weighted by molar-refractivity contribution is 0.102. The van der Waals surface area contributed by atoms with Crippen molar-refractivity contribution >= 4 is 23.5 Å². The molecule has 0 bridgehead atoms. The van der Waals surface area contributed by atoms with Crippen LogP contribution in [-0.2, 0) is 6.54 Å². The van der Waals surface area contributed by atoms with Crippen molar-refractivity contribution in [2.24, 2.45) is 0 Å². The summed E-state index contributed by atoms with van der Waals surface area (Å²) in [5, 5.41) is 10.7. The van der Waals surface area contributed by atoms with Gasteiger partial charge in [-0.3, -0.25) is 4.79 Å². The van der Waals surface area contributed by atoms with Gasteiger partial charge in [-0.1, -0.05) is 11.3 Å².